The topological polar surface area (TPSA) is 18.5 Å². The van der Waals surface area contributed by atoms with Crippen molar-refractivity contribution in [1.82, 2.24) is 0 Å². The normalized spacial score (nSPS) is 18.5. The maximum absolute atomic E-state index is 15.5. The van der Waals surface area contributed by atoms with E-state index in [0.29, 0.717) is 23.0 Å². The predicted molar refractivity (Wildman–Crippen MR) is 124 cm³/mol. The first kappa shape index (κ1) is 23.9. The zero-order valence-electron chi connectivity index (χ0n) is 20.3. The molecule has 2 aromatic rings. The summed E-state index contributed by atoms with van der Waals surface area (Å²) < 4.78 is 42.5. The molecule has 168 valence electrons. The third-order valence-electron chi connectivity index (χ3n) is 6.69. The molecule has 0 aliphatic carbocycles. The number of hydrogen-bond donors (Lipinski definition) is 0. The molecule has 0 spiro atoms. The summed E-state index contributed by atoms with van der Waals surface area (Å²) in [6, 6.07) is 10.3. The highest BCUT2D eigenvalue weighted by Crippen LogP contribution is 2.38. The Balaban J connectivity index is 2.08. The Morgan fingerprint density at radius 3 is 1.90 bits per heavy atom. The minimum Gasteiger partial charge on any atom is -0.399 e. The van der Waals surface area contributed by atoms with Gasteiger partial charge in [0.05, 0.1) is 11.2 Å². The Kier molecular flexibility index (Phi) is 5.95. The molecule has 2 aromatic carbocycles. The summed E-state index contributed by atoms with van der Waals surface area (Å²) in [4.78, 5) is 0. The van der Waals surface area contributed by atoms with Gasteiger partial charge in [-0.2, -0.15) is 0 Å². The highest BCUT2D eigenvalue weighted by molar-refractivity contribution is 6.62. The van der Waals surface area contributed by atoms with Crippen molar-refractivity contribution in [1.29, 1.82) is 0 Å². The molecule has 2 nitrogen and oxygen atoms in total. The summed E-state index contributed by atoms with van der Waals surface area (Å²) in [6.45, 7) is 17.9. The zero-order chi connectivity index (χ0) is 23.4. The standard InChI is InChI=1S/C26H35BF2O2/c1-23(2,3)22-19(27-30-25(6,7)26(8,9)31-27)14-17(15-21(22)29)16-24(4,5)18-12-10-11-13-20(18)28/h10-15H,16H2,1-9H3. The van der Waals surface area contributed by atoms with E-state index in [1.807, 2.05) is 74.4 Å². The first-order valence-electron chi connectivity index (χ1n) is 11.0. The fourth-order valence-electron chi connectivity index (χ4n) is 4.35. The average molecular weight is 428 g/mol. The lowest BCUT2D eigenvalue weighted by Crippen LogP contribution is -2.41. The van der Waals surface area contributed by atoms with Crippen molar-refractivity contribution in [3.8, 4) is 0 Å². The Hall–Kier alpha value is -1.72. The first-order chi connectivity index (χ1) is 14.1. The number of rotatable bonds is 4. The highest BCUT2D eigenvalue weighted by Gasteiger charge is 2.53. The lowest BCUT2D eigenvalue weighted by Gasteiger charge is -2.32. The van der Waals surface area contributed by atoms with Crippen LogP contribution < -0.4 is 5.46 Å². The molecule has 3 rings (SSSR count). The number of hydrogen-bond acceptors (Lipinski definition) is 2. The van der Waals surface area contributed by atoms with Crippen LogP contribution in [0.2, 0.25) is 0 Å². The van der Waals surface area contributed by atoms with Crippen molar-refractivity contribution in [3.63, 3.8) is 0 Å². The van der Waals surface area contributed by atoms with Crippen molar-refractivity contribution >= 4 is 12.6 Å². The van der Waals surface area contributed by atoms with E-state index < -0.39 is 29.2 Å². The summed E-state index contributed by atoms with van der Waals surface area (Å²) in [5.41, 5.74) is 0.744. The molecule has 0 aromatic heterocycles. The Labute approximate surface area is 186 Å². The van der Waals surface area contributed by atoms with Crippen LogP contribution in [0.15, 0.2) is 36.4 Å². The molecule has 5 heteroatoms. The maximum Gasteiger partial charge on any atom is 0.495 e. The number of halogens is 2. The summed E-state index contributed by atoms with van der Waals surface area (Å²) in [5, 5.41) is 0. The summed E-state index contributed by atoms with van der Waals surface area (Å²) in [7, 11) is -0.662. The fraction of sp³-hybridized carbons (Fsp3) is 0.538. The van der Waals surface area contributed by atoms with Gasteiger partial charge in [-0.15, -0.1) is 0 Å². The van der Waals surface area contributed by atoms with Crippen LogP contribution in [0.1, 0.15) is 79.0 Å². The molecule has 0 N–H and O–H groups in total. The van der Waals surface area contributed by atoms with Gasteiger partial charge in [0, 0.05) is 0 Å². The van der Waals surface area contributed by atoms with Crippen LogP contribution in [0.25, 0.3) is 0 Å². The van der Waals surface area contributed by atoms with Crippen LogP contribution in [-0.4, -0.2) is 18.3 Å². The molecule has 1 aliphatic rings. The van der Waals surface area contributed by atoms with E-state index in [9.17, 15) is 4.39 Å². The van der Waals surface area contributed by atoms with Crippen LogP contribution in [0.3, 0.4) is 0 Å². The minimum absolute atomic E-state index is 0.245. The van der Waals surface area contributed by atoms with Gasteiger partial charge in [-0.05, 0) is 79.2 Å². The van der Waals surface area contributed by atoms with E-state index in [1.165, 1.54) is 6.07 Å². The van der Waals surface area contributed by atoms with E-state index >= 15 is 4.39 Å². The molecular weight excluding hydrogens is 393 g/mol. The van der Waals surface area contributed by atoms with Crippen molar-refractivity contribution < 1.29 is 18.1 Å². The zero-order valence-corrected chi connectivity index (χ0v) is 20.3. The number of benzene rings is 2. The Morgan fingerprint density at radius 2 is 1.39 bits per heavy atom. The molecule has 1 saturated heterocycles. The molecule has 0 radical (unpaired) electrons. The van der Waals surface area contributed by atoms with E-state index in [0.717, 1.165) is 5.56 Å². The summed E-state index contributed by atoms with van der Waals surface area (Å²) >= 11 is 0. The smallest absolute Gasteiger partial charge is 0.399 e. The van der Waals surface area contributed by atoms with Crippen LogP contribution in [0.5, 0.6) is 0 Å². The largest absolute Gasteiger partial charge is 0.495 e. The first-order valence-corrected chi connectivity index (χ1v) is 11.0. The van der Waals surface area contributed by atoms with E-state index in [4.69, 9.17) is 9.31 Å². The predicted octanol–water partition coefficient (Wildman–Crippen LogP) is 6.08. The van der Waals surface area contributed by atoms with Crippen LogP contribution in [0, 0.1) is 11.6 Å². The molecule has 31 heavy (non-hydrogen) atoms. The van der Waals surface area contributed by atoms with Crippen molar-refractivity contribution in [2.24, 2.45) is 0 Å². The SMILES string of the molecule is CC(C)(C)c1c(F)cc(CC(C)(C)c2ccccc2F)cc1B1OC(C)(C)C(C)(C)O1. The van der Waals surface area contributed by atoms with E-state index in [2.05, 4.69) is 0 Å². The second-order valence-corrected chi connectivity index (χ2v) is 11.4. The summed E-state index contributed by atoms with van der Waals surface area (Å²) in [5.74, 6) is -0.524. The van der Waals surface area contributed by atoms with Gasteiger partial charge in [-0.1, -0.05) is 58.9 Å². The second kappa shape index (κ2) is 7.70. The van der Waals surface area contributed by atoms with Crippen molar-refractivity contribution in [2.75, 3.05) is 0 Å². The van der Waals surface area contributed by atoms with Gasteiger partial charge in [0.1, 0.15) is 11.6 Å². The lowest BCUT2D eigenvalue weighted by molar-refractivity contribution is 0.00578. The molecule has 0 amide bonds. The minimum atomic E-state index is -0.662. The lowest BCUT2D eigenvalue weighted by atomic mass is 9.68. The van der Waals surface area contributed by atoms with Crippen LogP contribution in [0.4, 0.5) is 8.78 Å². The molecule has 0 unspecified atom stereocenters. The van der Waals surface area contributed by atoms with E-state index in [-0.39, 0.29) is 11.6 Å². The Morgan fingerprint density at radius 1 is 0.839 bits per heavy atom. The fourth-order valence-corrected chi connectivity index (χ4v) is 4.35. The van der Waals surface area contributed by atoms with Gasteiger partial charge in [-0.25, -0.2) is 8.78 Å². The average Bonchev–Trinajstić information content (AvgIpc) is 2.80. The third kappa shape index (κ3) is 4.59. The van der Waals surface area contributed by atoms with E-state index in [1.54, 1.807) is 18.2 Å². The highest BCUT2D eigenvalue weighted by atomic mass is 19.1. The second-order valence-electron chi connectivity index (χ2n) is 11.4. The van der Waals surface area contributed by atoms with Gasteiger partial charge in [0.15, 0.2) is 0 Å². The van der Waals surface area contributed by atoms with Crippen molar-refractivity contribution in [3.05, 3.63) is 64.7 Å². The molecule has 1 aliphatic heterocycles. The molecule has 1 heterocycles. The van der Waals surface area contributed by atoms with Crippen LogP contribution >= 0.6 is 0 Å². The van der Waals surface area contributed by atoms with Crippen molar-refractivity contribution in [2.45, 2.75) is 90.8 Å². The van der Waals surface area contributed by atoms with Crippen LogP contribution in [-0.2, 0) is 26.6 Å². The molecule has 0 atom stereocenters. The quantitative estimate of drug-likeness (QED) is 0.550. The molecular formula is C26H35BF2O2. The molecule has 0 bridgehead atoms. The monoisotopic (exact) mass is 428 g/mol. The van der Waals surface area contributed by atoms with Gasteiger partial charge < -0.3 is 9.31 Å². The van der Waals surface area contributed by atoms with Gasteiger partial charge in [0.25, 0.3) is 0 Å². The Bertz CT molecular complexity index is 958. The summed E-state index contributed by atoms with van der Waals surface area (Å²) in [6.07, 6.45) is 0.488. The van der Waals surface area contributed by atoms with Gasteiger partial charge in [-0.3, -0.25) is 0 Å². The van der Waals surface area contributed by atoms with Gasteiger partial charge in [0.2, 0.25) is 0 Å². The van der Waals surface area contributed by atoms with Gasteiger partial charge >= 0.3 is 7.12 Å². The maximum atomic E-state index is 15.5. The molecule has 0 saturated carbocycles. The third-order valence-corrected chi connectivity index (χ3v) is 6.69. The molecule has 1 fully saturated rings.